The number of aromatic nitrogens is 4. The van der Waals surface area contributed by atoms with Crippen molar-refractivity contribution in [3.63, 3.8) is 0 Å². The van der Waals surface area contributed by atoms with Crippen LogP contribution in [0.2, 0.25) is 0 Å². The van der Waals surface area contributed by atoms with Gasteiger partial charge in [-0.25, -0.2) is 15.0 Å². The number of piperidine rings is 1. The number of carbonyl (C=O) groups is 1. The summed E-state index contributed by atoms with van der Waals surface area (Å²) in [6.07, 6.45) is 8.17. The molecule has 9 nitrogen and oxygen atoms in total. The summed E-state index contributed by atoms with van der Waals surface area (Å²) in [5.41, 5.74) is 2.99. The van der Waals surface area contributed by atoms with Gasteiger partial charge in [-0.2, -0.15) is 0 Å². The highest BCUT2D eigenvalue weighted by Crippen LogP contribution is 2.30. The number of hydrogen-bond donors (Lipinski definition) is 0. The maximum absolute atomic E-state index is 13.5. The van der Waals surface area contributed by atoms with E-state index in [0.29, 0.717) is 6.54 Å². The molecule has 5 heterocycles. The fourth-order valence-corrected chi connectivity index (χ4v) is 5.98. The molecule has 0 bridgehead atoms. The standard InChI is InChI=1S/C27H35N7O2/c1-36-22-9-5-8-21(17-22)31-13-15-32(16-14-31)27(35)20-7-6-11-33(18-20)25-24-26(29-19-28-25)34-12-4-2-3-10-23(34)30-24/h5,8-9,17,19-20H,2-4,6-7,10-16,18H2,1H3/t20-/m0/s1. The molecule has 2 aromatic heterocycles. The zero-order valence-corrected chi connectivity index (χ0v) is 21.1. The zero-order valence-electron chi connectivity index (χ0n) is 21.1. The molecule has 190 valence electrons. The third-order valence-electron chi connectivity index (χ3n) is 7.95. The monoisotopic (exact) mass is 489 g/mol. The molecule has 0 unspecified atom stereocenters. The van der Waals surface area contributed by atoms with Gasteiger partial charge in [0, 0.05) is 64.0 Å². The van der Waals surface area contributed by atoms with E-state index in [2.05, 4.69) is 41.4 Å². The molecule has 0 spiro atoms. The Bertz CT molecular complexity index is 1230. The SMILES string of the molecule is COc1cccc(N2CCN(C(=O)[C@H]3CCCN(c4ncnc5c4nc4n5CCCCC4)C3)CC2)c1. The number of nitrogens with zero attached hydrogens (tertiary/aromatic N) is 7. The van der Waals surface area contributed by atoms with Crippen LogP contribution in [-0.4, -0.2) is 76.7 Å². The number of imidazole rings is 1. The Hall–Kier alpha value is -3.36. The Balaban J connectivity index is 1.14. The Labute approximate surface area is 212 Å². The molecule has 0 saturated carbocycles. The van der Waals surface area contributed by atoms with Gasteiger partial charge in [-0.1, -0.05) is 12.5 Å². The van der Waals surface area contributed by atoms with Crippen LogP contribution in [0.25, 0.3) is 11.2 Å². The lowest BCUT2D eigenvalue weighted by Gasteiger charge is -2.40. The first-order chi connectivity index (χ1) is 17.7. The predicted molar refractivity (Wildman–Crippen MR) is 140 cm³/mol. The van der Waals surface area contributed by atoms with E-state index < -0.39 is 0 Å². The highest BCUT2D eigenvalue weighted by Gasteiger charge is 2.33. The second kappa shape index (κ2) is 9.95. The van der Waals surface area contributed by atoms with E-state index in [-0.39, 0.29) is 11.8 Å². The minimum Gasteiger partial charge on any atom is -0.497 e. The molecule has 36 heavy (non-hydrogen) atoms. The van der Waals surface area contributed by atoms with Gasteiger partial charge in [0.05, 0.1) is 13.0 Å². The van der Waals surface area contributed by atoms with Crippen LogP contribution >= 0.6 is 0 Å². The number of aryl methyl sites for hydroxylation is 2. The average molecular weight is 490 g/mol. The van der Waals surface area contributed by atoms with E-state index in [1.54, 1.807) is 13.4 Å². The van der Waals surface area contributed by atoms with Gasteiger partial charge < -0.3 is 24.0 Å². The minimum atomic E-state index is -0.00688. The number of ether oxygens (including phenoxy) is 1. The van der Waals surface area contributed by atoms with Crippen LogP contribution in [0.15, 0.2) is 30.6 Å². The molecule has 1 atom stereocenters. The minimum absolute atomic E-state index is 0.00688. The van der Waals surface area contributed by atoms with Crippen molar-refractivity contribution in [2.75, 3.05) is 56.2 Å². The fraction of sp³-hybridized carbons (Fsp3) is 0.556. The molecular formula is C27H35N7O2. The number of amides is 1. The topological polar surface area (TPSA) is 79.6 Å². The summed E-state index contributed by atoms with van der Waals surface area (Å²) < 4.78 is 7.66. The van der Waals surface area contributed by atoms with Crippen LogP contribution in [0, 0.1) is 5.92 Å². The lowest BCUT2D eigenvalue weighted by molar-refractivity contribution is -0.136. The zero-order chi connectivity index (χ0) is 24.5. The highest BCUT2D eigenvalue weighted by molar-refractivity contribution is 5.85. The number of methoxy groups -OCH3 is 1. The van der Waals surface area contributed by atoms with Gasteiger partial charge in [0.2, 0.25) is 5.91 Å². The predicted octanol–water partition coefficient (Wildman–Crippen LogP) is 3.13. The normalized spacial score (nSPS) is 20.8. The third-order valence-corrected chi connectivity index (χ3v) is 7.95. The molecule has 3 aromatic rings. The van der Waals surface area contributed by atoms with Crippen LogP contribution in [0.3, 0.4) is 0 Å². The van der Waals surface area contributed by atoms with Gasteiger partial charge in [0.1, 0.15) is 17.9 Å². The van der Waals surface area contributed by atoms with Crippen LogP contribution < -0.4 is 14.5 Å². The Morgan fingerprint density at radius 2 is 1.86 bits per heavy atom. The molecule has 6 rings (SSSR count). The molecule has 1 amide bonds. The summed E-state index contributed by atoms with van der Waals surface area (Å²) in [6, 6.07) is 8.15. The van der Waals surface area contributed by atoms with E-state index in [1.165, 1.54) is 19.3 Å². The number of fused-ring (bicyclic) bond motifs is 3. The highest BCUT2D eigenvalue weighted by atomic mass is 16.5. The second-order valence-corrected chi connectivity index (χ2v) is 10.2. The van der Waals surface area contributed by atoms with Gasteiger partial charge in [-0.3, -0.25) is 4.79 Å². The summed E-state index contributed by atoms with van der Waals surface area (Å²) in [5.74, 6) is 3.15. The first-order valence-electron chi connectivity index (χ1n) is 13.3. The van der Waals surface area contributed by atoms with Crippen molar-refractivity contribution in [3.8, 4) is 5.75 Å². The summed E-state index contributed by atoms with van der Waals surface area (Å²) >= 11 is 0. The van der Waals surface area contributed by atoms with Crippen molar-refractivity contribution in [2.45, 2.75) is 45.1 Å². The quantitative estimate of drug-likeness (QED) is 0.557. The molecule has 0 N–H and O–H groups in total. The number of anilines is 2. The second-order valence-electron chi connectivity index (χ2n) is 10.2. The summed E-state index contributed by atoms with van der Waals surface area (Å²) in [5, 5.41) is 0. The van der Waals surface area contributed by atoms with Crippen molar-refractivity contribution in [2.24, 2.45) is 5.92 Å². The maximum atomic E-state index is 13.5. The molecule has 9 heteroatoms. The average Bonchev–Trinajstić information content (AvgIpc) is 3.13. The van der Waals surface area contributed by atoms with Crippen molar-refractivity contribution >= 4 is 28.6 Å². The first kappa shape index (κ1) is 23.1. The van der Waals surface area contributed by atoms with Crippen LogP contribution in [0.1, 0.15) is 37.9 Å². The smallest absolute Gasteiger partial charge is 0.227 e. The van der Waals surface area contributed by atoms with Crippen molar-refractivity contribution in [1.82, 2.24) is 24.4 Å². The number of benzene rings is 1. The number of hydrogen-bond acceptors (Lipinski definition) is 7. The molecule has 0 aliphatic carbocycles. The molecule has 3 aliphatic heterocycles. The van der Waals surface area contributed by atoms with Gasteiger partial charge in [-0.05, 0) is 37.8 Å². The Kier molecular flexibility index (Phi) is 6.37. The number of piperazine rings is 1. The van der Waals surface area contributed by atoms with E-state index in [4.69, 9.17) is 9.72 Å². The number of rotatable bonds is 4. The van der Waals surface area contributed by atoms with Gasteiger partial charge in [0.15, 0.2) is 17.0 Å². The van der Waals surface area contributed by atoms with Crippen LogP contribution in [0.5, 0.6) is 5.75 Å². The third kappa shape index (κ3) is 4.35. The molecular weight excluding hydrogens is 454 g/mol. The molecule has 2 fully saturated rings. The largest absolute Gasteiger partial charge is 0.497 e. The summed E-state index contributed by atoms with van der Waals surface area (Å²) in [6.45, 7) is 5.75. The lowest BCUT2D eigenvalue weighted by atomic mass is 9.96. The van der Waals surface area contributed by atoms with Gasteiger partial charge in [-0.15, -0.1) is 0 Å². The molecule has 0 radical (unpaired) electrons. The first-order valence-corrected chi connectivity index (χ1v) is 13.3. The van der Waals surface area contributed by atoms with E-state index in [1.807, 2.05) is 12.1 Å². The van der Waals surface area contributed by atoms with E-state index >= 15 is 0 Å². The summed E-state index contributed by atoms with van der Waals surface area (Å²) in [7, 11) is 1.69. The Morgan fingerprint density at radius 1 is 0.972 bits per heavy atom. The Morgan fingerprint density at radius 3 is 2.72 bits per heavy atom. The van der Waals surface area contributed by atoms with E-state index in [0.717, 1.165) is 92.8 Å². The summed E-state index contributed by atoms with van der Waals surface area (Å²) in [4.78, 5) is 34.4. The van der Waals surface area contributed by atoms with Gasteiger partial charge >= 0.3 is 0 Å². The lowest BCUT2D eigenvalue weighted by Crippen LogP contribution is -2.52. The van der Waals surface area contributed by atoms with Gasteiger partial charge in [0.25, 0.3) is 0 Å². The van der Waals surface area contributed by atoms with Crippen molar-refractivity contribution in [3.05, 3.63) is 36.4 Å². The molecule has 3 aliphatic rings. The van der Waals surface area contributed by atoms with Crippen molar-refractivity contribution in [1.29, 1.82) is 0 Å². The van der Waals surface area contributed by atoms with Crippen LogP contribution in [-0.2, 0) is 17.8 Å². The fourth-order valence-electron chi connectivity index (χ4n) is 5.98. The molecule has 2 saturated heterocycles. The van der Waals surface area contributed by atoms with E-state index in [9.17, 15) is 4.79 Å². The van der Waals surface area contributed by atoms with Crippen molar-refractivity contribution < 1.29 is 9.53 Å². The maximum Gasteiger partial charge on any atom is 0.227 e. The van der Waals surface area contributed by atoms with Crippen LogP contribution in [0.4, 0.5) is 11.5 Å². The molecule has 1 aromatic carbocycles. The number of carbonyl (C=O) groups excluding carboxylic acids is 1.